The van der Waals surface area contributed by atoms with E-state index in [0.717, 1.165) is 17.5 Å². The number of rotatable bonds is 6. The maximum Gasteiger partial charge on any atom is 0.270 e. The molecule has 0 radical (unpaired) electrons. The van der Waals surface area contributed by atoms with Gasteiger partial charge < -0.3 is 5.32 Å². The summed E-state index contributed by atoms with van der Waals surface area (Å²) in [6.45, 7) is 0.716. The largest absolute Gasteiger partial charge is 0.389 e. The van der Waals surface area contributed by atoms with E-state index in [4.69, 9.17) is 0 Å². The maximum absolute atomic E-state index is 13.3. The molecule has 1 aromatic heterocycles. The van der Waals surface area contributed by atoms with Crippen molar-refractivity contribution >= 4 is 32.8 Å². The minimum absolute atomic E-state index is 0.182. The van der Waals surface area contributed by atoms with Gasteiger partial charge in [-0.15, -0.1) is 11.3 Å². The number of fused-ring (bicyclic) bond motifs is 1. The molecule has 5 nitrogen and oxygen atoms in total. The number of Topliss-reactive ketones (excluding diaryl/α,β-unsaturated/α-hetero) is 1. The third-order valence-corrected chi connectivity index (χ3v) is 7.38. The number of allylic oxidation sites excluding steroid dienone is 1. The van der Waals surface area contributed by atoms with Crippen LogP contribution in [0, 0.1) is 0 Å². The Morgan fingerprint density at radius 3 is 2.28 bits per heavy atom. The summed E-state index contributed by atoms with van der Waals surface area (Å²) >= 11 is 1.26. The molecule has 0 atom stereocenters. The first kappa shape index (κ1) is 19.4. The lowest BCUT2D eigenvalue weighted by Crippen LogP contribution is -2.38. The second-order valence-electron chi connectivity index (χ2n) is 6.66. The van der Waals surface area contributed by atoms with Gasteiger partial charge >= 0.3 is 0 Å². The molecule has 0 unspecified atom stereocenters. The average Bonchev–Trinajstić information content (AvgIpc) is 3.22. The molecule has 0 saturated heterocycles. The molecule has 29 heavy (non-hydrogen) atoms. The number of sulfonamides is 1. The van der Waals surface area contributed by atoms with Crippen LogP contribution in [0.15, 0.2) is 83.2 Å². The Labute approximate surface area is 174 Å². The first-order valence-electron chi connectivity index (χ1n) is 9.24. The molecule has 0 bridgehead atoms. The summed E-state index contributed by atoms with van der Waals surface area (Å²) in [6.07, 6.45) is 2.08. The van der Waals surface area contributed by atoms with Gasteiger partial charge in [-0.2, -0.15) is 0 Å². The number of nitrogens with zero attached hydrogens (tertiary/aromatic N) is 1. The highest BCUT2D eigenvalue weighted by Crippen LogP contribution is 2.39. The maximum atomic E-state index is 13.3. The summed E-state index contributed by atoms with van der Waals surface area (Å²) in [7, 11) is -3.95. The van der Waals surface area contributed by atoms with Gasteiger partial charge in [0.2, 0.25) is 5.78 Å². The number of ketones is 1. The smallest absolute Gasteiger partial charge is 0.270 e. The summed E-state index contributed by atoms with van der Waals surface area (Å²) in [5, 5.41) is 4.76. The van der Waals surface area contributed by atoms with Crippen LogP contribution in [-0.2, 0) is 23.0 Å². The van der Waals surface area contributed by atoms with Gasteiger partial charge in [-0.05, 0) is 29.0 Å². The fourth-order valence-electron chi connectivity index (χ4n) is 3.23. The minimum atomic E-state index is -3.95. The van der Waals surface area contributed by atoms with Crippen molar-refractivity contribution in [1.29, 1.82) is 0 Å². The number of hydrogen-bond acceptors (Lipinski definition) is 5. The van der Waals surface area contributed by atoms with E-state index >= 15 is 0 Å². The zero-order valence-electron chi connectivity index (χ0n) is 15.6. The molecule has 0 amide bonds. The van der Waals surface area contributed by atoms with Gasteiger partial charge in [0.15, 0.2) is 4.91 Å². The third-order valence-electron chi connectivity index (χ3n) is 4.71. The highest BCUT2D eigenvalue weighted by Gasteiger charge is 2.41. The Kier molecular flexibility index (Phi) is 5.51. The molecule has 1 aliphatic heterocycles. The molecular formula is C22H20N2O3S2. The molecule has 3 aromatic rings. The van der Waals surface area contributed by atoms with E-state index in [-0.39, 0.29) is 11.4 Å². The van der Waals surface area contributed by atoms with Crippen LogP contribution in [0.5, 0.6) is 0 Å². The van der Waals surface area contributed by atoms with Crippen molar-refractivity contribution in [2.45, 2.75) is 13.0 Å². The van der Waals surface area contributed by atoms with Crippen LogP contribution in [0.2, 0.25) is 0 Å². The van der Waals surface area contributed by atoms with Gasteiger partial charge in [0.05, 0.1) is 12.2 Å². The van der Waals surface area contributed by atoms with Crippen LogP contribution >= 0.6 is 11.3 Å². The molecule has 4 rings (SSSR count). The van der Waals surface area contributed by atoms with Gasteiger partial charge in [0.1, 0.15) is 4.88 Å². The van der Waals surface area contributed by atoms with Crippen LogP contribution < -0.4 is 9.62 Å². The molecule has 7 heteroatoms. The average molecular weight is 425 g/mol. The van der Waals surface area contributed by atoms with Gasteiger partial charge in [0, 0.05) is 12.7 Å². The van der Waals surface area contributed by atoms with E-state index in [2.05, 4.69) is 5.32 Å². The van der Waals surface area contributed by atoms with Crippen molar-refractivity contribution in [2.75, 3.05) is 10.8 Å². The van der Waals surface area contributed by atoms with Crippen LogP contribution in [0.3, 0.4) is 0 Å². The number of hydrogen-bond donors (Lipinski definition) is 1. The van der Waals surface area contributed by atoms with E-state index in [0.29, 0.717) is 17.1 Å². The lowest BCUT2D eigenvalue weighted by molar-refractivity contribution is 0.104. The highest BCUT2D eigenvalue weighted by atomic mass is 32.2. The van der Waals surface area contributed by atoms with Gasteiger partial charge in [-0.3, -0.25) is 9.10 Å². The van der Waals surface area contributed by atoms with Crippen molar-refractivity contribution in [3.05, 3.63) is 99.2 Å². The zero-order valence-corrected chi connectivity index (χ0v) is 17.2. The van der Waals surface area contributed by atoms with Gasteiger partial charge in [-0.1, -0.05) is 60.7 Å². The number of benzene rings is 2. The number of carbonyl (C=O) groups excluding carboxylic acids is 1. The number of anilines is 1. The van der Waals surface area contributed by atoms with E-state index in [9.17, 15) is 13.2 Å². The number of thiophene rings is 1. The fourth-order valence-corrected chi connectivity index (χ4v) is 5.74. The van der Waals surface area contributed by atoms with Crippen LogP contribution in [-0.4, -0.2) is 20.7 Å². The van der Waals surface area contributed by atoms with Crippen LogP contribution in [0.25, 0.3) is 0 Å². The Morgan fingerprint density at radius 1 is 0.931 bits per heavy atom. The van der Waals surface area contributed by atoms with Crippen molar-refractivity contribution in [1.82, 2.24) is 5.32 Å². The summed E-state index contributed by atoms with van der Waals surface area (Å²) in [4.78, 5) is 13.1. The second-order valence-corrected chi connectivity index (χ2v) is 9.41. The quantitative estimate of drug-likeness (QED) is 0.481. The molecule has 2 aromatic carbocycles. The van der Waals surface area contributed by atoms with Crippen molar-refractivity contribution in [2.24, 2.45) is 0 Å². The van der Waals surface area contributed by atoms with Gasteiger partial charge in [-0.25, -0.2) is 8.42 Å². The Hall–Kier alpha value is -2.90. The summed E-state index contributed by atoms with van der Waals surface area (Å²) in [5.74, 6) is -0.452. The van der Waals surface area contributed by atoms with Crippen LogP contribution in [0.4, 0.5) is 5.69 Å². The molecule has 148 valence electrons. The molecule has 0 spiro atoms. The first-order chi connectivity index (χ1) is 14.1. The lowest BCUT2D eigenvalue weighted by Gasteiger charge is -2.29. The second kappa shape index (κ2) is 8.23. The molecule has 1 N–H and O–H groups in total. The SMILES string of the molecule is O=C1/C(=C/NCCc2ccccc2)S(=O)(=O)N(Cc2ccccc2)c2ccsc21. The van der Waals surface area contributed by atoms with E-state index in [1.807, 2.05) is 60.7 Å². The molecule has 1 aliphatic rings. The zero-order chi connectivity index (χ0) is 20.3. The minimum Gasteiger partial charge on any atom is -0.389 e. The van der Waals surface area contributed by atoms with Gasteiger partial charge in [0.25, 0.3) is 10.0 Å². The molecular weight excluding hydrogens is 404 g/mol. The Bertz CT molecular complexity index is 1140. The predicted octanol–water partition coefficient (Wildman–Crippen LogP) is 3.95. The molecule has 0 fully saturated rings. The van der Waals surface area contributed by atoms with Crippen molar-refractivity contribution < 1.29 is 13.2 Å². The monoisotopic (exact) mass is 424 g/mol. The van der Waals surface area contributed by atoms with Crippen LogP contribution in [0.1, 0.15) is 20.8 Å². The summed E-state index contributed by atoms with van der Waals surface area (Å²) in [6, 6.07) is 21.0. The van der Waals surface area contributed by atoms with E-state index < -0.39 is 15.8 Å². The van der Waals surface area contributed by atoms with Crippen molar-refractivity contribution in [3.63, 3.8) is 0 Å². The van der Waals surface area contributed by atoms with Crippen molar-refractivity contribution in [3.8, 4) is 0 Å². The third kappa shape index (κ3) is 3.97. The molecule has 0 saturated carbocycles. The topological polar surface area (TPSA) is 66.5 Å². The van der Waals surface area contributed by atoms with E-state index in [1.54, 1.807) is 11.4 Å². The number of nitrogens with one attached hydrogen (secondary N) is 1. The first-order valence-corrected chi connectivity index (χ1v) is 11.6. The van der Waals surface area contributed by atoms with E-state index in [1.165, 1.54) is 21.8 Å². The number of carbonyl (C=O) groups is 1. The molecule has 2 heterocycles. The standard InChI is InChI=1S/C22H20N2O3S2/c25-21-20(15-23-13-11-17-7-3-1-4-8-17)29(26,27)24(19-12-14-28-22(19)21)16-18-9-5-2-6-10-18/h1-10,12,14-15,23H,11,13,16H2/b20-15-. The molecule has 0 aliphatic carbocycles. The fraction of sp³-hybridized carbons (Fsp3) is 0.136. The Morgan fingerprint density at radius 2 is 1.59 bits per heavy atom. The summed E-state index contributed by atoms with van der Waals surface area (Å²) < 4.78 is 27.8. The Balaban J connectivity index is 1.59. The summed E-state index contributed by atoms with van der Waals surface area (Å²) in [5.41, 5.74) is 2.45. The lowest BCUT2D eigenvalue weighted by atomic mass is 10.1. The predicted molar refractivity (Wildman–Crippen MR) is 116 cm³/mol. The normalized spacial score (nSPS) is 16.6. The highest BCUT2D eigenvalue weighted by molar-refractivity contribution is 7.97.